The van der Waals surface area contributed by atoms with Gasteiger partial charge in [-0.25, -0.2) is 4.98 Å². The molecule has 2 rings (SSSR count). The molecular weight excluding hydrogens is 291 g/mol. The Balaban J connectivity index is 2.15. The van der Waals surface area contributed by atoms with Gasteiger partial charge in [0.1, 0.15) is 5.82 Å². The van der Waals surface area contributed by atoms with E-state index < -0.39 is 11.7 Å². The van der Waals surface area contributed by atoms with Crippen LogP contribution in [0.5, 0.6) is 0 Å². The van der Waals surface area contributed by atoms with Crippen LogP contribution in [-0.2, 0) is 6.18 Å². The van der Waals surface area contributed by atoms with Crippen LogP contribution in [0.2, 0.25) is 5.02 Å². The van der Waals surface area contributed by atoms with Gasteiger partial charge in [0, 0.05) is 25.3 Å². The Morgan fingerprint density at radius 2 is 2.20 bits per heavy atom. The number of hydrogen-bond acceptors (Lipinski definition) is 3. The van der Waals surface area contributed by atoms with Gasteiger partial charge in [-0.05, 0) is 26.1 Å². The minimum absolute atomic E-state index is 0.0552. The molecule has 112 valence electrons. The molecule has 1 atom stereocenters. The van der Waals surface area contributed by atoms with Gasteiger partial charge in [0.2, 0.25) is 0 Å². The van der Waals surface area contributed by atoms with Crippen LogP contribution in [0.1, 0.15) is 18.9 Å². The first-order valence-electron chi connectivity index (χ1n) is 6.51. The third kappa shape index (κ3) is 3.17. The van der Waals surface area contributed by atoms with Crippen LogP contribution in [0.25, 0.3) is 0 Å². The van der Waals surface area contributed by atoms with Crippen LogP contribution in [0.15, 0.2) is 12.3 Å². The highest BCUT2D eigenvalue weighted by atomic mass is 35.5. The molecule has 1 aliphatic rings. The monoisotopic (exact) mass is 307 g/mol. The molecule has 0 amide bonds. The Morgan fingerprint density at radius 1 is 1.50 bits per heavy atom. The quantitative estimate of drug-likeness (QED) is 0.854. The van der Waals surface area contributed by atoms with Crippen LogP contribution < -0.4 is 4.90 Å². The molecule has 0 aliphatic carbocycles. The van der Waals surface area contributed by atoms with E-state index in [0.717, 1.165) is 38.3 Å². The van der Waals surface area contributed by atoms with Crippen molar-refractivity contribution in [2.24, 2.45) is 0 Å². The van der Waals surface area contributed by atoms with E-state index in [9.17, 15) is 13.2 Å². The number of nitrogens with zero attached hydrogens (tertiary/aromatic N) is 3. The Hall–Kier alpha value is -1.01. The van der Waals surface area contributed by atoms with E-state index in [2.05, 4.69) is 16.8 Å². The average molecular weight is 308 g/mol. The summed E-state index contributed by atoms with van der Waals surface area (Å²) in [7, 11) is 2.04. The Morgan fingerprint density at radius 3 is 2.75 bits per heavy atom. The lowest BCUT2D eigenvalue weighted by Gasteiger charge is -2.24. The van der Waals surface area contributed by atoms with Gasteiger partial charge in [-0.3, -0.25) is 0 Å². The van der Waals surface area contributed by atoms with Crippen molar-refractivity contribution < 1.29 is 13.2 Å². The molecule has 0 spiro atoms. The van der Waals surface area contributed by atoms with E-state index >= 15 is 0 Å². The van der Waals surface area contributed by atoms with E-state index in [0.29, 0.717) is 11.9 Å². The maximum absolute atomic E-state index is 12.6. The SMILES string of the molecule is CCN(C)C1CCN(c2ncc(C(F)(F)F)cc2Cl)C1. The van der Waals surface area contributed by atoms with E-state index in [1.165, 1.54) is 0 Å². The number of hydrogen-bond donors (Lipinski definition) is 0. The Bertz CT molecular complexity index is 478. The van der Waals surface area contributed by atoms with Crippen molar-refractivity contribution in [1.82, 2.24) is 9.88 Å². The fraction of sp³-hybridized carbons (Fsp3) is 0.615. The zero-order valence-corrected chi connectivity index (χ0v) is 12.2. The van der Waals surface area contributed by atoms with Gasteiger partial charge >= 0.3 is 6.18 Å². The van der Waals surface area contributed by atoms with E-state index in [1.807, 2.05) is 11.9 Å². The summed E-state index contributed by atoms with van der Waals surface area (Å²) >= 11 is 5.96. The van der Waals surface area contributed by atoms with Gasteiger partial charge in [-0.15, -0.1) is 0 Å². The van der Waals surface area contributed by atoms with E-state index in [4.69, 9.17) is 11.6 Å². The van der Waals surface area contributed by atoms with Gasteiger partial charge in [-0.2, -0.15) is 13.2 Å². The number of pyridine rings is 1. The molecule has 0 saturated carbocycles. The summed E-state index contributed by atoms with van der Waals surface area (Å²) in [6, 6.07) is 1.33. The lowest BCUT2D eigenvalue weighted by molar-refractivity contribution is -0.137. The van der Waals surface area contributed by atoms with Crippen molar-refractivity contribution in [2.45, 2.75) is 25.6 Å². The molecule has 20 heavy (non-hydrogen) atoms. The fourth-order valence-electron chi connectivity index (χ4n) is 2.37. The molecule has 0 bridgehead atoms. The standard InChI is InChI=1S/C13H17ClF3N3/c1-3-19(2)10-4-5-20(8-10)12-11(14)6-9(7-18-12)13(15,16)17/h6-7,10H,3-5,8H2,1-2H3. The highest BCUT2D eigenvalue weighted by molar-refractivity contribution is 6.33. The summed E-state index contributed by atoms with van der Waals surface area (Å²) in [5.41, 5.74) is -0.812. The second-order valence-corrected chi connectivity index (χ2v) is 5.40. The summed E-state index contributed by atoms with van der Waals surface area (Å²) in [6.07, 6.45) is -2.60. The third-order valence-electron chi connectivity index (χ3n) is 3.73. The Labute approximate surface area is 121 Å². The molecule has 7 heteroatoms. The third-order valence-corrected chi connectivity index (χ3v) is 4.01. The predicted molar refractivity (Wildman–Crippen MR) is 73.2 cm³/mol. The van der Waals surface area contributed by atoms with Crippen molar-refractivity contribution in [1.29, 1.82) is 0 Å². The van der Waals surface area contributed by atoms with Gasteiger partial charge < -0.3 is 9.80 Å². The summed E-state index contributed by atoms with van der Waals surface area (Å²) in [5, 5.41) is 0.0552. The Kier molecular flexibility index (Phi) is 4.44. The van der Waals surface area contributed by atoms with Crippen molar-refractivity contribution >= 4 is 17.4 Å². The molecule has 0 aromatic carbocycles. The maximum atomic E-state index is 12.6. The molecule has 1 aliphatic heterocycles. The summed E-state index contributed by atoms with van der Waals surface area (Å²) in [5.74, 6) is 0.437. The maximum Gasteiger partial charge on any atom is 0.417 e. The molecule has 1 unspecified atom stereocenters. The molecule has 1 saturated heterocycles. The van der Waals surface area contributed by atoms with Gasteiger partial charge in [0.05, 0.1) is 10.6 Å². The van der Waals surface area contributed by atoms with Gasteiger partial charge in [0.25, 0.3) is 0 Å². The molecule has 1 aromatic heterocycles. The average Bonchev–Trinajstić information content (AvgIpc) is 2.86. The molecule has 0 N–H and O–H groups in total. The van der Waals surface area contributed by atoms with Crippen molar-refractivity contribution in [2.75, 3.05) is 31.6 Å². The summed E-state index contributed by atoms with van der Waals surface area (Å²) in [4.78, 5) is 8.07. The van der Waals surface area contributed by atoms with Crippen LogP contribution >= 0.6 is 11.6 Å². The number of rotatable bonds is 3. The van der Waals surface area contributed by atoms with Crippen molar-refractivity contribution in [3.05, 3.63) is 22.8 Å². The first kappa shape index (κ1) is 15.4. The summed E-state index contributed by atoms with van der Waals surface area (Å²) in [6.45, 7) is 4.51. The van der Waals surface area contributed by atoms with Gasteiger partial charge in [-0.1, -0.05) is 18.5 Å². The van der Waals surface area contributed by atoms with Crippen LogP contribution in [0, 0.1) is 0 Å². The normalized spacial score (nSPS) is 19.9. The second kappa shape index (κ2) is 5.77. The molecule has 3 nitrogen and oxygen atoms in total. The lowest BCUT2D eigenvalue weighted by Crippen LogP contribution is -2.34. The molecular formula is C13H17ClF3N3. The van der Waals surface area contributed by atoms with Crippen LogP contribution in [-0.4, -0.2) is 42.6 Å². The minimum Gasteiger partial charge on any atom is -0.354 e. The van der Waals surface area contributed by atoms with Crippen molar-refractivity contribution in [3.8, 4) is 0 Å². The molecule has 0 radical (unpaired) electrons. The molecule has 1 aromatic rings. The fourth-order valence-corrected chi connectivity index (χ4v) is 2.66. The van der Waals surface area contributed by atoms with Gasteiger partial charge in [0.15, 0.2) is 0 Å². The first-order valence-corrected chi connectivity index (χ1v) is 6.88. The molecule has 1 fully saturated rings. The topological polar surface area (TPSA) is 19.4 Å². The number of alkyl halides is 3. The zero-order chi connectivity index (χ0) is 14.9. The lowest BCUT2D eigenvalue weighted by atomic mass is 10.2. The zero-order valence-electron chi connectivity index (χ0n) is 11.4. The highest BCUT2D eigenvalue weighted by Gasteiger charge is 2.33. The van der Waals surface area contributed by atoms with E-state index in [1.54, 1.807) is 0 Å². The summed E-state index contributed by atoms with van der Waals surface area (Å²) < 4.78 is 37.7. The van der Waals surface area contributed by atoms with E-state index in [-0.39, 0.29) is 5.02 Å². The molecule has 2 heterocycles. The van der Waals surface area contributed by atoms with Crippen LogP contribution in [0.4, 0.5) is 19.0 Å². The predicted octanol–water partition coefficient (Wildman–Crippen LogP) is 3.28. The largest absolute Gasteiger partial charge is 0.417 e. The number of likely N-dealkylation sites (N-methyl/N-ethyl adjacent to an activating group) is 1. The highest BCUT2D eigenvalue weighted by Crippen LogP contribution is 2.34. The number of halogens is 4. The minimum atomic E-state index is -4.41. The van der Waals surface area contributed by atoms with Crippen LogP contribution in [0.3, 0.4) is 0 Å². The van der Waals surface area contributed by atoms with Crippen molar-refractivity contribution in [3.63, 3.8) is 0 Å². The second-order valence-electron chi connectivity index (χ2n) is 4.99. The first-order chi connectivity index (χ1) is 9.32. The number of aromatic nitrogens is 1. The smallest absolute Gasteiger partial charge is 0.354 e. The number of anilines is 1.